The van der Waals surface area contributed by atoms with Crippen LogP contribution in [0.15, 0.2) is 40.5 Å². The van der Waals surface area contributed by atoms with E-state index in [0.29, 0.717) is 6.54 Å². The standard InChI is InChI=1S/C17H20BrN3O/c18-16-6-4-5-14(11-16)7-8-20-13-15(12-19)17(22)21-9-2-1-3-10-21/h4-6,11,13,20H,1-3,7-10H2/b15-13-. The Hall–Kier alpha value is -1.80. The molecule has 1 aromatic carbocycles. The van der Waals surface area contributed by atoms with Gasteiger partial charge in [-0.25, -0.2) is 0 Å². The zero-order chi connectivity index (χ0) is 15.8. The lowest BCUT2D eigenvalue weighted by Crippen LogP contribution is -2.36. The van der Waals surface area contributed by atoms with Crippen LogP contribution in [0.4, 0.5) is 0 Å². The summed E-state index contributed by atoms with van der Waals surface area (Å²) in [6, 6.07) is 10.1. The summed E-state index contributed by atoms with van der Waals surface area (Å²) in [5, 5.41) is 12.2. The highest BCUT2D eigenvalue weighted by atomic mass is 79.9. The molecule has 0 atom stereocenters. The first-order valence-electron chi connectivity index (χ1n) is 7.58. The average Bonchev–Trinajstić information content (AvgIpc) is 2.55. The number of hydrogen-bond donors (Lipinski definition) is 1. The molecule has 0 saturated carbocycles. The van der Waals surface area contributed by atoms with Crippen molar-refractivity contribution in [3.8, 4) is 6.07 Å². The quantitative estimate of drug-likeness (QED) is 0.498. The third kappa shape index (κ3) is 4.88. The number of halogens is 1. The molecule has 1 aromatic rings. The molecule has 0 radical (unpaired) electrons. The predicted molar refractivity (Wildman–Crippen MR) is 90.0 cm³/mol. The molecule has 1 N–H and O–H groups in total. The minimum absolute atomic E-state index is 0.155. The summed E-state index contributed by atoms with van der Waals surface area (Å²) in [7, 11) is 0. The van der Waals surface area contributed by atoms with Gasteiger partial charge in [0.05, 0.1) is 0 Å². The number of hydrogen-bond acceptors (Lipinski definition) is 3. The molecule has 1 aliphatic heterocycles. The van der Waals surface area contributed by atoms with Gasteiger partial charge in [-0.2, -0.15) is 5.26 Å². The predicted octanol–water partition coefficient (Wildman–Crippen LogP) is 3.00. The Morgan fingerprint density at radius 1 is 1.36 bits per heavy atom. The van der Waals surface area contributed by atoms with Crippen molar-refractivity contribution in [2.45, 2.75) is 25.7 Å². The van der Waals surface area contributed by atoms with E-state index < -0.39 is 0 Å². The van der Waals surface area contributed by atoms with Crippen molar-refractivity contribution >= 4 is 21.8 Å². The summed E-state index contributed by atoms with van der Waals surface area (Å²) in [4.78, 5) is 14.0. The summed E-state index contributed by atoms with van der Waals surface area (Å²) >= 11 is 3.44. The maximum absolute atomic E-state index is 12.2. The molecule has 0 bridgehead atoms. The molecule has 22 heavy (non-hydrogen) atoms. The van der Waals surface area contributed by atoms with Crippen molar-refractivity contribution in [2.24, 2.45) is 0 Å². The maximum Gasteiger partial charge on any atom is 0.265 e. The van der Waals surface area contributed by atoms with Gasteiger partial charge in [-0.05, 0) is 43.4 Å². The number of nitriles is 1. The molecule has 116 valence electrons. The molecule has 5 heteroatoms. The number of piperidine rings is 1. The molecule has 1 saturated heterocycles. The van der Waals surface area contributed by atoms with Gasteiger partial charge in [0, 0.05) is 30.3 Å². The summed E-state index contributed by atoms with van der Waals surface area (Å²) < 4.78 is 1.05. The van der Waals surface area contributed by atoms with Crippen molar-refractivity contribution in [1.82, 2.24) is 10.2 Å². The number of amides is 1. The molecule has 1 heterocycles. The summed E-state index contributed by atoms with van der Waals surface area (Å²) in [5.41, 5.74) is 1.40. The average molecular weight is 362 g/mol. The second kappa shape index (κ2) is 8.60. The molecular formula is C17H20BrN3O. The number of rotatable bonds is 5. The number of benzene rings is 1. The molecule has 4 nitrogen and oxygen atoms in total. The fraction of sp³-hybridized carbons (Fsp3) is 0.412. The summed E-state index contributed by atoms with van der Waals surface area (Å²) in [6.07, 6.45) is 5.61. The second-order valence-corrected chi connectivity index (χ2v) is 6.27. The third-order valence-corrected chi connectivity index (χ3v) is 4.18. The minimum atomic E-state index is -0.155. The molecule has 2 rings (SSSR count). The van der Waals surface area contributed by atoms with Gasteiger partial charge in [0.25, 0.3) is 5.91 Å². The van der Waals surface area contributed by atoms with E-state index in [2.05, 4.69) is 33.4 Å². The third-order valence-electron chi connectivity index (χ3n) is 3.69. The lowest BCUT2D eigenvalue weighted by atomic mass is 10.1. The Labute approximate surface area is 139 Å². The molecule has 1 aliphatic rings. The first kappa shape index (κ1) is 16.6. The molecule has 1 amide bonds. The van der Waals surface area contributed by atoms with Crippen LogP contribution in [0.3, 0.4) is 0 Å². The highest BCUT2D eigenvalue weighted by Crippen LogP contribution is 2.12. The normalized spacial score (nSPS) is 15.3. The Kier molecular flexibility index (Phi) is 6.47. The smallest absolute Gasteiger partial charge is 0.265 e. The lowest BCUT2D eigenvalue weighted by molar-refractivity contribution is -0.127. The van der Waals surface area contributed by atoms with Crippen LogP contribution in [-0.2, 0) is 11.2 Å². The fourth-order valence-electron chi connectivity index (χ4n) is 2.49. The SMILES string of the molecule is N#C/C(=C/NCCc1cccc(Br)c1)C(=O)N1CCCCC1. The van der Waals surface area contributed by atoms with E-state index >= 15 is 0 Å². The van der Waals surface area contributed by atoms with Crippen LogP contribution < -0.4 is 5.32 Å². The first-order chi connectivity index (χ1) is 10.7. The van der Waals surface area contributed by atoms with Crippen LogP contribution in [0, 0.1) is 11.3 Å². The van der Waals surface area contributed by atoms with E-state index in [1.165, 1.54) is 12.0 Å². The Balaban J connectivity index is 1.84. The van der Waals surface area contributed by atoms with Gasteiger partial charge < -0.3 is 10.2 Å². The lowest BCUT2D eigenvalue weighted by Gasteiger charge is -2.26. The maximum atomic E-state index is 12.2. The van der Waals surface area contributed by atoms with E-state index in [-0.39, 0.29) is 11.5 Å². The first-order valence-corrected chi connectivity index (χ1v) is 8.37. The highest BCUT2D eigenvalue weighted by Gasteiger charge is 2.19. The van der Waals surface area contributed by atoms with Crippen molar-refractivity contribution in [1.29, 1.82) is 5.26 Å². The van der Waals surface area contributed by atoms with Gasteiger partial charge in [-0.15, -0.1) is 0 Å². The summed E-state index contributed by atoms with van der Waals surface area (Å²) in [6.45, 7) is 2.21. The monoisotopic (exact) mass is 361 g/mol. The Morgan fingerprint density at radius 2 is 2.14 bits per heavy atom. The second-order valence-electron chi connectivity index (χ2n) is 5.36. The molecule has 0 aromatic heterocycles. The molecule has 0 aliphatic carbocycles. The number of nitrogens with zero attached hydrogens (tertiary/aromatic N) is 2. The van der Waals surface area contributed by atoms with Crippen LogP contribution in [-0.4, -0.2) is 30.4 Å². The van der Waals surface area contributed by atoms with Crippen molar-refractivity contribution < 1.29 is 4.79 Å². The van der Waals surface area contributed by atoms with Gasteiger partial charge in [0.1, 0.15) is 11.6 Å². The number of carbonyl (C=O) groups excluding carboxylic acids is 1. The molecule has 0 unspecified atom stereocenters. The molecular weight excluding hydrogens is 342 g/mol. The fourth-order valence-corrected chi connectivity index (χ4v) is 2.94. The van der Waals surface area contributed by atoms with Crippen LogP contribution in [0.25, 0.3) is 0 Å². The molecule has 1 fully saturated rings. The Morgan fingerprint density at radius 3 is 2.82 bits per heavy atom. The van der Waals surface area contributed by atoms with Crippen LogP contribution in [0.1, 0.15) is 24.8 Å². The van der Waals surface area contributed by atoms with Gasteiger partial charge in [0.15, 0.2) is 0 Å². The van der Waals surface area contributed by atoms with E-state index in [9.17, 15) is 4.79 Å². The highest BCUT2D eigenvalue weighted by molar-refractivity contribution is 9.10. The largest absolute Gasteiger partial charge is 0.389 e. The van der Waals surface area contributed by atoms with Gasteiger partial charge >= 0.3 is 0 Å². The zero-order valence-electron chi connectivity index (χ0n) is 12.5. The van der Waals surface area contributed by atoms with Gasteiger partial charge in [-0.1, -0.05) is 28.1 Å². The van der Waals surface area contributed by atoms with Crippen LogP contribution in [0.2, 0.25) is 0 Å². The van der Waals surface area contributed by atoms with Crippen molar-refractivity contribution in [2.75, 3.05) is 19.6 Å². The zero-order valence-corrected chi connectivity index (χ0v) is 14.1. The van der Waals surface area contributed by atoms with E-state index in [1.807, 2.05) is 18.2 Å². The van der Waals surface area contributed by atoms with Gasteiger partial charge in [0.2, 0.25) is 0 Å². The number of carbonyl (C=O) groups is 1. The van der Waals surface area contributed by atoms with Crippen LogP contribution in [0.5, 0.6) is 0 Å². The van der Waals surface area contributed by atoms with E-state index in [1.54, 1.807) is 11.1 Å². The van der Waals surface area contributed by atoms with Gasteiger partial charge in [-0.3, -0.25) is 4.79 Å². The molecule has 0 spiro atoms. The summed E-state index contributed by atoms with van der Waals surface area (Å²) in [5.74, 6) is -0.155. The Bertz CT molecular complexity index is 586. The van der Waals surface area contributed by atoms with Crippen molar-refractivity contribution in [3.63, 3.8) is 0 Å². The minimum Gasteiger partial charge on any atom is -0.389 e. The topological polar surface area (TPSA) is 56.1 Å². The number of nitrogens with one attached hydrogen (secondary N) is 1. The van der Waals surface area contributed by atoms with E-state index in [0.717, 1.165) is 36.8 Å². The van der Waals surface area contributed by atoms with Crippen molar-refractivity contribution in [3.05, 3.63) is 46.1 Å². The number of likely N-dealkylation sites (tertiary alicyclic amines) is 1. The van der Waals surface area contributed by atoms with E-state index in [4.69, 9.17) is 5.26 Å². The van der Waals surface area contributed by atoms with Crippen LogP contribution >= 0.6 is 15.9 Å².